The molecule has 0 unspecified atom stereocenters. The zero-order valence-electron chi connectivity index (χ0n) is 12.8. The molecule has 0 aromatic heterocycles. The predicted octanol–water partition coefficient (Wildman–Crippen LogP) is 1.51. The number of rotatable bonds is 4. The van der Waals surface area contributed by atoms with Crippen LogP contribution in [0.15, 0.2) is 29.3 Å². The maximum absolute atomic E-state index is 11.8. The molecule has 6 nitrogen and oxygen atoms in total. The summed E-state index contributed by atoms with van der Waals surface area (Å²) in [6.07, 6.45) is 0.903. The van der Waals surface area contributed by atoms with Crippen molar-refractivity contribution in [3.63, 3.8) is 0 Å². The minimum absolute atomic E-state index is 0.0293. The Morgan fingerprint density at radius 2 is 2.04 bits per heavy atom. The Kier molecular flexibility index (Phi) is 4.63. The number of benzene rings is 1. The van der Waals surface area contributed by atoms with Crippen LogP contribution in [0.3, 0.4) is 0 Å². The lowest BCUT2D eigenvalue weighted by molar-refractivity contribution is 0.0953. The fourth-order valence-electron chi connectivity index (χ4n) is 2.59. The number of fused-ring (bicyclic) bond motifs is 1. The van der Waals surface area contributed by atoms with E-state index in [9.17, 15) is 13.2 Å². The van der Waals surface area contributed by atoms with Gasteiger partial charge in [-0.05, 0) is 30.7 Å². The molecule has 23 heavy (non-hydrogen) atoms. The molecule has 1 aromatic rings. The van der Waals surface area contributed by atoms with E-state index >= 15 is 0 Å². The molecule has 2 N–H and O–H groups in total. The molecule has 0 aliphatic carbocycles. The lowest BCUT2D eigenvalue weighted by Crippen LogP contribution is -2.23. The van der Waals surface area contributed by atoms with Crippen molar-refractivity contribution in [2.45, 2.75) is 24.6 Å². The van der Waals surface area contributed by atoms with Crippen molar-refractivity contribution in [1.82, 2.24) is 5.32 Å². The largest absolute Gasteiger partial charge is 0.352 e. The highest BCUT2D eigenvalue weighted by Gasteiger charge is 2.42. The third-order valence-electron chi connectivity index (χ3n) is 3.75. The number of sulfone groups is 1. The Morgan fingerprint density at radius 3 is 2.70 bits per heavy atom. The van der Waals surface area contributed by atoms with Gasteiger partial charge >= 0.3 is 0 Å². The number of nitrogens with one attached hydrogen (secondary N) is 2. The van der Waals surface area contributed by atoms with Gasteiger partial charge in [0.25, 0.3) is 5.91 Å². The van der Waals surface area contributed by atoms with Crippen LogP contribution in [0.25, 0.3) is 0 Å². The van der Waals surface area contributed by atoms with Crippen LogP contribution in [0.4, 0.5) is 5.69 Å². The van der Waals surface area contributed by atoms with Crippen LogP contribution >= 0.6 is 11.8 Å². The number of carbonyl (C=O) groups excluding carboxylic acids is 1. The Balaban J connectivity index is 1.60. The highest BCUT2D eigenvalue weighted by Crippen LogP contribution is 2.34. The smallest absolute Gasteiger partial charge is 0.251 e. The molecule has 1 aromatic carbocycles. The van der Waals surface area contributed by atoms with Crippen molar-refractivity contribution < 1.29 is 13.2 Å². The standard InChI is InChI=1S/C15H19N3O3S2/c1-2-7-16-14(19)10-3-5-11(6-4-10)17-15-18-12-8-23(20,21)9-13(12)22-15/h3-6,12-13H,2,7-9H2,1H3,(H,16,19)(H,17,18)/t12-,13+/m1/s1. The zero-order valence-corrected chi connectivity index (χ0v) is 14.4. The van der Waals surface area contributed by atoms with Gasteiger partial charge in [0.15, 0.2) is 15.0 Å². The molecule has 2 aliphatic heterocycles. The van der Waals surface area contributed by atoms with E-state index in [1.807, 2.05) is 19.1 Å². The van der Waals surface area contributed by atoms with Crippen molar-refractivity contribution in [1.29, 1.82) is 0 Å². The molecule has 1 fully saturated rings. The minimum Gasteiger partial charge on any atom is -0.352 e. The molecule has 3 rings (SSSR count). The van der Waals surface area contributed by atoms with Crippen molar-refractivity contribution >= 4 is 38.4 Å². The van der Waals surface area contributed by atoms with E-state index in [0.717, 1.165) is 17.3 Å². The lowest BCUT2D eigenvalue weighted by atomic mass is 10.2. The topological polar surface area (TPSA) is 87.6 Å². The first-order valence-electron chi connectivity index (χ1n) is 7.57. The van der Waals surface area contributed by atoms with E-state index in [4.69, 9.17) is 0 Å². The van der Waals surface area contributed by atoms with Gasteiger partial charge in [0.1, 0.15) is 0 Å². The van der Waals surface area contributed by atoms with Gasteiger partial charge < -0.3 is 10.6 Å². The molecule has 0 radical (unpaired) electrons. The summed E-state index contributed by atoms with van der Waals surface area (Å²) in [6.45, 7) is 2.67. The van der Waals surface area contributed by atoms with Gasteiger partial charge in [0.2, 0.25) is 0 Å². The van der Waals surface area contributed by atoms with E-state index in [1.54, 1.807) is 12.1 Å². The number of amides is 1. The fraction of sp³-hybridized carbons (Fsp3) is 0.467. The molecule has 0 bridgehead atoms. The number of nitrogens with zero attached hydrogens (tertiary/aromatic N) is 1. The summed E-state index contributed by atoms with van der Waals surface area (Å²) in [7, 11) is -2.92. The molecule has 2 aliphatic rings. The molecule has 2 heterocycles. The number of hydrogen-bond donors (Lipinski definition) is 2. The van der Waals surface area contributed by atoms with Crippen LogP contribution in [-0.2, 0) is 9.84 Å². The van der Waals surface area contributed by atoms with Crippen LogP contribution in [0, 0.1) is 0 Å². The Hall–Kier alpha value is -1.54. The first kappa shape index (κ1) is 16.3. The third kappa shape index (κ3) is 3.87. The minimum atomic E-state index is -2.92. The van der Waals surface area contributed by atoms with Crippen molar-refractivity contribution in [2.75, 3.05) is 23.4 Å². The van der Waals surface area contributed by atoms with Crippen molar-refractivity contribution in [3.05, 3.63) is 29.8 Å². The molecular weight excluding hydrogens is 334 g/mol. The van der Waals surface area contributed by atoms with E-state index in [0.29, 0.717) is 12.1 Å². The van der Waals surface area contributed by atoms with Crippen LogP contribution < -0.4 is 10.6 Å². The van der Waals surface area contributed by atoms with E-state index in [1.165, 1.54) is 11.8 Å². The van der Waals surface area contributed by atoms with E-state index in [2.05, 4.69) is 15.6 Å². The van der Waals surface area contributed by atoms with Gasteiger partial charge in [0, 0.05) is 23.0 Å². The molecular formula is C15H19N3O3S2. The summed E-state index contributed by atoms with van der Waals surface area (Å²) >= 11 is 1.48. The van der Waals surface area contributed by atoms with Gasteiger partial charge in [-0.2, -0.15) is 0 Å². The number of carbonyl (C=O) groups is 1. The number of anilines is 1. The molecule has 2 atom stereocenters. The molecule has 1 saturated heterocycles. The lowest BCUT2D eigenvalue weighted by Gasteiger charge is -2.08. The summed E-state index contributed by atoms with van der Waals surface area (Å²) < 4.78 is 23.1. The number of thioether (sulfide) groups is 1. The maximum Gasteiger partial charge on any atom is 0.251 e. The highest BCUT2D eigenvalue weighted by atomic mass is 32.2. The van der Waals surface area contributed by atoms with E-state index < -0.39 is 9.84 Å². The van der Waals surface area contributed by atoms with Gasteiger partial charge in [-0.15, -0.1) is 0 Å². The van der Waals surface area contributed by atoms with Crippen molar-refractivity contribution in [2.24, 2.45) is 4.99 Å². The average molecular weight is 353 g/mol. The molecule has 124 valence electrons. The van der Waals surface area contributed by atoms with Crippen LogP contribution in [0.2, 0.25) is 0 Å². The Morgan fingerprint density at radius 1 is 1.30 bits per heavy atom. The van der Waals surface area contributed by atoms with Gasteiger partial charge in [-0.3, -0.25) is 9.79 Å². The average Bonchev–Trinajstić information content (AvgIpc) is 2.98. The zero-order chi connectivity index (χ0) is 16.4. The monoisotopic (exact) mass is 353 g/mol. The third-order valence-corrected chi connectivity index (χ3v) is 6.89. The normalized spacial score (nSPS) is 24.8. The van der Waals surface area contributed by atoms with Crippen LogP contribution in [0.1, 0.15) is 23.7 Å². The first-order valence-corrected chi connectivity index (χ1v) is 10.3. The molecule has 1 amide bonds. The molecule has 0 saturated carbocycles. The summed E-state index contributed by atoms with van der Waals surface area (Å²) in [5.41, 5.74) is 1.46. The highest BCUT2D eigenvalue weighted by molar-refractivity contribution is 8.15. The van der Waals surface area contributed by atoms with Gasteiger partial charge in [-0.1, -0.05) is 18.7 Å². The number of amidine groups is 1. The quantitative estimate of drug-likeness (QED) is 0.857. The van der Waals surface area contributed by atoms with E-state index in [-0.39, 0.29) is 28.7 Å². The van der Waals surface area contributed by atoms with Gasteiger partial charge in [0.05, 0.1) is 17.5 Å². The SMILES string of the molecule is CCCNC(=O)c1ccc(NC2=N[C@@H]3CS(=O)(=O)C[C@@H]3S2)cc1. The van der Waals surface area contributed by atoms with Crippen LogP contribution in [0.5, 0.6) is 0 Å². The summed E-state index contributed by atoms with van der Waals surface area (Å²) in [5, 5.41) is 6.80. The number of hydrogen-bond acceptors (Lipinski definition) is 6. The second kappa shape index (κ2) is 6.52. The van der Waals surface area contributed by atoms with Crippen LogP contribution in [-0.4, -0.2) is 48.8 Å². The Bertz CT molecular complexity index is 729. The summed E-state index contributed by atoms with van der Waals surface area (Å²) in [5.74, 6) is 0.269. The second-order valence-corrected chi connectivity index (χ2v) is 9.07. The summed E-state index contributed by atoms with van der Waals surface area (Å²) in [6, 6.07) is 7.05. The fourth-order valence-corrected chi connectivity index (χ4v) is 6.26. The van der Waals surface area contributed by atoms with Gasteiger partial charge in [-0.25, -0.2) is 8.42 Å². The van der Waals surface area contributed by atoms with Crippen molar-refractivity contribution in [3.8, 4) is 0 Å². The second-order valence-electron chi connectivity index (χ2n) is 5.69. The molecule has 0 spiro atoms. The number of aliphatic imine (C=N–C) groups is 1. The Labute approximate surface area is 140 Å². The predicted molar refractivity (Wildman–Crippen MR) is 93.9 cm³/mol. The first-order chi connectivity index (χ1) is 11.0. The molecule has 8 heteroatoms. The maximum atomic E-state index is 11.8. The summed E-state index contributed by atoms with van der Waals surface area (Å²) in [4.78, 5) is 16.3.